The quantitative estimate of drug-likeness (QED) is 0.734. The van der Waals surface area contributed by atoms with Crippen LogP contribution in [0.2, 0.25) is 0 Å². The number of rotatable bonds is 3. The van der Waals surface area contributed by atoms with Crippen LogP contribution >= 0.6 is 0 Å². The molecule has 0 radical (unpaired) electrons. The summed E-state index contributed by atoms with van der Waals surface area (Å²) in [6.07, 6.45) is 5.57. The molecule has 126 valence electrons. The zero-order valence-electron chi connectivity index (χ0n) is 14.1. The van der Waals surface area contributed by atoms with E-state index in [0.717, 1.165) is 22.3 Å². The summed E-state index contributed by atoms with van der Waals surface area (Å²) in [6.45, 7) is 3.76. The van der Waals surface area contributed by atoms with E-state index < -0.39 is 0 Å². The van der Waals surface area contributed by atoms with Gasteiger partial charge >= 0.3 is 0 Å². The number of benzene rings is 1. The summed E-state index contributed by atoms with van der Waals surface area (Å²) in [7, 11) is 0. The fourth-order valence-corrected chi connectivity index (χ4v) is 3.02. The van der Waals surface area contributed by atoms with Crippen molar-refractivity contribution in [3.8, 4) is 0 Å². The van der Waals surface area contributed by atoms with Crippen molar-refractivity contribution in [1.82, 2.24) is 15.0 Å². The summed E-state index contributed by atoms with van der Waals surface area (Å²) in [4.78, 5) is 21.3. The maximum atomic E-state index is 12.7. The predicted octanol–water partition coefficient (Wildman–Crippen LogP) is 3.56. The van der Waals surface area contributed by atoms with Gasteiger partial charge in [-0.3, -0.25) is 14.8 Å². The first kappa shape index (κ1) is 15.5. The Kier molecular flexibility index (Phi) is 3.80. The Morgan fingerprint density at radius 3 is 2.72 bits per heavy atom. The summed E-state index contributed by atoms with van der Waals surface area (Å²) >= 11 is 0. The first-order valence-corrected chi connectivity index (χ1v) is 8.28. The van der Waals surface area contributed by atoms with Crippen LogP contribution in [0.15, 0.2) is 58.5 Å². The molecule has 1 aliphatic heterocycles. The molecule has 0 saturated carbocycles. The SMILES string of the molecule is CC(C)C(=O)N1N=C(c2ccco2)C[C@H]1c1ccc2nccnc2c1. The highest BCUT2D eigenvalue weighted by Crippen LogP contribution is 2.34. The van der Waals surface area contributed by atoms with Crippen LogP contribution in [-0.2, 0) is 4.79 Å². The van der Waals surface area contributed by atoms with E-state index in [2.05, 4.69) is 15.1 Å². The maximum Gasteiger partial charge on any atom is 0.245 e. The molecule has 0 N–H and O–H groups in total. The first-order valence-electron chi connectivity index (χ1n) is 8.28. The molecular weight excluding hydrogens is 316 g/mol. The highest BCUT2D eigenvalue weighted by atomic mass is 16.3. The van der Waals surface area contributed by atoms with Crippen LogP contribution in [0.5, 0.6) is 0 Å². The third kappa shape index (κ3) is 2.80. The average molecular weight is 334 g/mol. The van der Waals surface area contributed by atoms with Crippen LogP contribution in [0, 0.1) is 5.92 Å². The largest absolute Gasteiger partial charge is 0.463 e. The minimum atomic E-state index is -0.165. The summed E-state index contributed by atoms with van der Waals surface area (Å²) in [5.74, 6) is 0.554. The van der Waals surface area contributed by atoms with Crippen LogP contribution in [0.1, 0.15) is 37.6 Å². The van der Waals surface area contributed by atoms with E-state index in [4.69, 9.17) is 4.42 Å². The van der Waals surface area contributed by atoms with E-state index in [1.807, 2.05) is 44.2 Å². The number of aromatic nitrogens is 2. The number of amides is 1. The Labute approximate surface area is 145 Å². The molecule has 25 heavy (non-hydrogen) atoms. The van der Waals surface area contributed by atoms with Gasteiger partial charge in [-0.25, -0.2) is 5.01 Å². The van der Waals surface area contributed by atoms with Gasteiger partial charge in [0, 0.05) is 24.7 Å². The van der Waals surface area contributed by atoms with E-state index in [1.54, 1.807) is 23.7 Å². The van der Waals surface area contributed by atoms with Crippen molar-refractivity contribution in [2.75, 3.05) is 0 Å². The molecule has 1 aromatic carbocycles. The van der Waals surface area contributed by atoms with Gasteiger partial charge < -0.3 is 4.42 Å². The summed E-state index contributed by atoms with van der Waals surface area (Å²) < 4.78 is 5.47. The van der Waals surface area contributed by atoms with Gasteiger partial charge in [0.1, 0.15) is 11.5 Å². The lowest BCUT2D eigenvalue weighted by Crippen LogP contribution is -2.30. The van der Waals surface area contributed by atoms with Gasteiger partial charge in [0.05, 0.1) is 23.3 Å². The van der Waals surface area contributed by atoms with Crippen molar-refractivity contribution in [1.29, 1.82) is 0 Å². The van der Waals surface area contributed by atoms with Gasteiger partial charge in [-0.2, -0.15) is 5.10 Å². The summed E-state index contributed by atoms with van der Waals surface area (Å²) in [5.41, 5.74) is 3.41. The molecule has 0 bridgehead atoms. The standard InChI is InChI=1S/C19H18N4O2/c1-12(2)19(24)23-17(11-16(22-23)18-4-3-9-25-18)13-5-6-14-15(10-13)21-8-7-20-14/h3-10,12,17H,11H2,1-2H3/t17-/m0/s1. The Morgan fingerprint density at radius 2 is 2.00 bits per heavy atom. The highest BCUT2D eigenvalue weighted by molar-refractivity contribution is 6.01. The number of carbonyl (C=O) groups excluding carboxylic acids is 1. The Bertz CT molecular complexity index is 947. The smallest absolute Gasteiger partial charge is 0.245 e. The average Bonchev–Trinajstić information content (AvgIpc) is 3.30. The lowest BCUT2D eigenvalue weighted by molar-refractivity contribution is -0.136. The second-order valence-corrected chi connectivity index (χ2v) is 6.39. The van der Waals surface area contributed by atoms with Crippen LogP contribution in [0.25, 0.3) is 11.0 Å². The number of hydrogen-bond donors (Lipinski definition) is 0. The van der Waals surface area contributed by atoms with Crippen molar-refractivity contribution < 1.29 is 9.21 Å². The Balaban J connectivity index is 1.74. The molecule has 0 spiro atoms. The fourth-order valence-electron chi connectivity index (χ4n) is 3.02. The van der Waals surface area contributed by atoms with Crippen LogP contribution < -0.4 is 0 Å². The molecule has 0 unspecified atom stereocenters. The topological polar surface area (TPSA) is 71.6 Å². The predicted molar refractivity (Wildman–Crippen MR) is 93.8 cm³/mol. The van der Waals surface area contributed by atoms with E-state index >= 15 is 0 Å². The van der Waals surface area contributed by atoms with Crippen molar-refractivity contribution in [2.24, 2.45) is 11.0 Å². The molecule has 6 nitrogen and oxygen atoms in total. The molecular formula is C19H18N4O2. The van der Waals surface area contributed by atoms with Gasteiger partial charge in [-0.05, 0) is 29.8 Å². The lowest BCUT2D eigenvalue weighted by Gasteiger charge is -2.23. The molecule has 0 fully saturated rings. The molecule has 1 aliphatic rings. The van der Waals surface area contributed by atoms with Crippen molar-refractivity contribution in [3.63, 3.8) is 0 Å². The third-order valence-electron chi connectivity index (χ3n) is 4.31. The molecule has 6 heteroatoms. The monoisotopic (exact) mass is 334 g/mol. The maximum absolute atomic E-state index is 12.7. The van der Waals surface area contributed by atoms with Crippen molar-refractivity contribution >= 4 is 22.7 Å². The zero-order chi connectivity index (χ0) is 17.4. The number of hydrazone groups is 1. The zero-order valence-corrected chi connectivity index (χ0v) is 14.1. The van der Waals surface area contributed by atoms with Gasteiger partial charge in [0.15, 0.2) is 0 Å². The van der Waals surface area contributed by atoms with Gasteiger partial charge in [0.2, 0.25) is 5.91 Å². The van der Waals surface area contributed by atoms with E-state index in [9.17, 15) is 4.79 Å². The number of nitrogens with zero attached hydrogens (tertiary/aromatic N) is 4. The number of hydrogen-bond acceptors (Lipinski definition) is 5. The third-order valence-corrected chi connectivity index (χ3v) is 4.31. The number of furan rings is 1. The van der Waals surface area contributed by atoms with Crippen molar-refractivity contribution in [2.45, 2.75) is 26.3 Å². The first-order chi connectivity index (χ1) is 12.1. The second kappa shape index (κ2) is 6.12. The Hall–Kier alpha value is -3.02. The van der Waals surface area contributed by atoms with Gasteiger partial charge in [0.25, 0.3) is 0 Å². The van der Waals surface area contributed by atoms with Crippen LogP contribution in [-0.4, -0.2) is 26.6 Å². The van der Waals surface area contributed by atoms with E-state index in [0.29, 0.717) is 12.2 Å². The number of fused-ring (bicyclic) bond motifs is 1. The van der Waals surface area contributed by atoms with Crippen molar-refractivity contribution in [3.05, 3.63) is 60.3 Å². The molecule has 4 rings (SSSR count). The lowest BCUT2D eigenvalue weighted by atomic mass is 9.99. The molecule has 3 aromatic rings. The summed E-state index contributed by atoms with van der Waals surface area (Å²) in [5, 5.41) is 6.14. The second-order valence-electron chi connectivity index (χ2n) is 6.39. The Morgan fingerprint density at radius 1 is 1.20 bits per heavy atom. The van der Waals surface area contributed by atoms with Crippen LogP contribution in [0.4, 0.5) is 0 Å². The van der Waals surface area contributed by atoms with Gasteiger partial charge in [-0.1, -0.05) is 19.9 Å². The normalized spacial score (nSPS) is 17.3. The molecule has 3 heterocycles. The highest BCUT2D eigenvalue weighted by Gasteiger charge is 2.35. The molecule has 0 aliphatic carbocycles. The minimum absolute atomic E-state index is 0.00852. The van der Waals surface area contributed by atoms with Crippen LogP contribution in [0.3, 0.4) is 0 Å². The molecule has 0 saturated heterocycles. The fraction of sp³-hybridized carbons (Fsp3) is 0.263. The molecule has 1 atom stereocenters. The molecule has 2 aromatic heterocycles. The molecule has 1 amide bonds. The van der Waals surface area contributed by atoms with E-state index in [-0.39, 0.29) is 17.9 Å². The number of carbonyl (C=O) groups is 1. The summed E-state index contributed by atoms with van der Waals surface area (Å²) in [6, 6.07) is 9.43. The van der Waals surface area contributed by atoms with Gasteiger partial charge in [-0.15, -0.1) is 0 Å². The van der Waals surface area contributed by atoms with E-state index in [1.165, 1.54) is 0 Å². The minimum Gasteiger partial charge on any atom is -0.463 e.